The molecule has 0 aromatic heterocycles. The molecule has 1 aromatic rings. The van der Waals surface area contributed by atoms with E-state index in [9.17, 15) is 4.79 Å². The maximum Gasteiger partial charge on any atom is 0.337 e. The van der Waals surface area contributed by atoms with Crippen molar-refractivity contribution in [1.82, 2.24) is 4.90 Å². The molecule has 1 aliphatic rings. The maximum absolute atomic E-state index is 11.3. The summed E-state index contributed by atoms with van der Waals surface area (Å²) in [7, 11) is 1.38. The van der Waals surface area contributed by atoms with Gasteiger partial charge in [-0.3, -0.25) is 4.90 Å². The molecule has 122 valence electrons. The van der Waals surface area contributed by atoms with Crippen molar-refractivity contribution in [2.75, 3.05) is 33.4 Å². The van der Waals surface area contributed by atoms with Crippen molar-refractivity contribution in [2.24, 2.45) is 0 Å². The molecule has 0 amide bonds. The third-order valence-electron chi connectivity index (χ3n) is 3.66. The topological polar surface area (TPSA) is 48.0 Å². The summed E-state index contributed by atoms with van der Waals surface area (Å²) in [5.74, 6) is 0.443. The Bertz CT molecular complexity index is 464. The highest BCUT2D eigenvalue weighted by Crippen LogP contribution is 2.14. The summed E-state index contributed by atoms with van der Waals surface area (Å²) in [5.41, 5.74) is 0.533. The van der Waals surface area contributed by atoms with Crippen molar-refractivity contribution in [2.45, 2.75) is 32.5 Å². The lowest BCUT2D eigenvalue weighted by molar-refractivity contribution is -0.0686. The smallest absolute Gasteiger partial charge is 0.337 e. The Balaban J connectivity index is 1.69. The summed E-state index contributed by atoms with van der Waals surface area (Å²) in [5, 5.41) is 0. The minimum atomic E-state index is -0.331. The highest BCUT2D eigenvalue weighted by Gasteiger charge is 2.21. The Hall–Kier alpha value is -1.59. The Labute approximate surface area is 132 Å². The fourth-order valence-electron chi connectivity index (χ4n) is 2.75. The molecule has 0 N–H and O–H groups in total. The van der Waals surface area contributed by atoms with E-state index in [4.69, 9.17) is 9.47 Å². The molecule has 0 spiro atoms. The number of hydrogen-bond acceptors (Lipinski definition) is 5. The van der Waals surface area contributed by atoms with Crippen LogP contribution < -0.4 is 4.74 Å². The van der Waals surface area contributed by atoms with E-state index < -0.39 is 0 Å². The largest absolute Gasteiger partial charge is 0.494 e. The monoisotopic (exact) mass is 307 g/mol. The molecule has 0 saturated carbocycles. The minimum absolute atomic E-state index is 0.301. The molecule has 1 saturated heterocycles. The van der Waals surface area contributed by atoms with Crippen LogP contribution in [0.15, 0.2) is 24.3 Å². The average molecular weight is 307 g/mol. The summed E-state index contributed by atoms with van der Waals surface area (Å²) in [6, 6.07) is 7.02. The molecule has 0 radical (unpaired) electrons. The van der Waals surface area contributed by atoms with Gasteiger partial charge in [0.05, 0.1) is 31.5 Å². The van der Waals surface area contributed by atoms with Crippen molar-refractivity contribution in [3.05, 3.63) is 29.8 Å². The van der Waals surface area contributed by atoms with Crippen molar-refractivity contribution in [3.8, 4) is 5.75 Å². The highest BCUT2D eigenvalue weighted by molar-refractivity contribution is 5.89. The van der Waals surface area contributed by atoms with Gasteiger partial charge in [0, 0.05) is 19.6 Å². The van der Waals surface area contributed by atoms with E-state index in [1.54, 1.807) is 24.3 Å². The fraction of sp³-hybridized carbons (Fsp3) is 0.588. The number of morpholine rings is 1. The number of rotatable bonds is 6. The zero-order valence-electron chi connectivity index (χ0n) is 13.6. The highest BCUT2D eigenvalue weighted by atomic mass is 16.5. The van der Waals surface area contributed by atoms with Crippen LogP contribution in [-0.2, 0) is 9.47 Å². The van der Waals surface area contributed by atoms with E-state index in [0.29, 0.717) is 24.4 Å². The lowest BCUT2D eigenvalue weighted by Gasteiger charge is -2.35. The molecular weight excluding hydrogens is 282 g/mol. The Morgan fingerprint density at radius 1 is 1.23 bits per heavy atom. The average Bonchev–Trinajstić information content (AvgIpc) is 2.50. The van der Waals surface area contributed by atoms with Crippen LogP contribution >= 0.6 is 0 Å². The third kappa shape index (κ3) is 5.00. The van der Waals surface area contributed by atoms with E-state index >= 15 is 0 Å². The Morgan fingerprint density at radius 3 is 2.45 bits per heavy atom. The number of carbonyl (C=O) groups is 1. The van der Waals surface area contributed by atoms with Crippen molar-refractivity contribution in [1.29, 1.82) is 0 Å². The molecule has 1 heterocycles. The molecule has 2 rings (SSSR count). The molecule has 1 aliphatic heterocycles. The molecule has 1 aromatic carbocycles. The predicted octanol–water partition coefficient (Wildman–Crippen LogP) is 2.35. The van der Waals surface area contributed by atoms with Gasteiger partial charge in [0.1, 0.15) is 5.75 Å². The normalized spacial score (nSPS) is 22.3. The van der Waals surface area contributed by atoms with Crippen LogP contribution in [0.5, 0.6) is 5.75 Å². The summed E-state index contributed by atoms with van der Waals surface area (Å²) in [4.78, 5) is 13.8. The molecule has 2 atom stereocenters. The van der Waals surface area contributed by atoms with E-state index in [-0.39, 0.29) is 5.97 Å². The quantitative estimate of drug-likeness (QED) is 0.596. The van der Waals surface area contributed by atoms with Gasteiger partial charge in [-0.25, -0.2) is 4.79 Å². The third-order valence-corrected chi connectivity index (χ3v) is 3.66. The van der Waals surface area contributed by atoms with Gasteiger partial charge in [0.15, 0.2) is 0 Å². The number of esters is 1. The molecule has 0 aliphatic carbocycles. The van der Waals surface area contributed by atoms with Gasteiger partial charge in [-0.2, -0.15) is 0 Å². The number of ether oxygens (including phenoxy) is 3. The first-order valence-corrected chi connectivity index (χ1v) is 7.77. The van der Waals surface area contributed by atoms with Gasteiger partial charge >= 0.3 is 5.97 Å². The van der Waals surface area contributed by atoms with Gasteiger partial charge in [0.2, 0.25) is 0 Å². The number of carbonyl (C=O) groups excluding carboxylic acids is 1. The second-order valence-corrected chi connectivity index (χ2v) is 5.73. The number of methoxy groups -OCH3 is 1. The number of nitrogens with zero attached hydrogens (tertiary/aromatic N) is 1. The zero-order chi connectivity index (χ0) is 15.9. The predicted molar refractivity (Wildman–Crippen MR) is 84.3 cm³/mol. The minimum Gasteiger partial charge on any atom is -0.494 e. The zero-order valence-corrected chi connectivity index (χ0v) is 13.6. The van der Waals surface area contributed by atoms with Crippen LogP contribution in [0.2, 0.25) is 0 Å². The molecule has 0 unspecified atom stereocenters. The molecule has 0 bridgehead atoms. The first kappa shape index (κ1) is 16.8. The van der Waals surface area contributed by atoms with E-state index in [1.807, 2.05) is 0 Å². The van der Waals surface area contributed by atoms with Crippen molar-refractivity contribution >= 4 is 5.97 Å². The molecule has 22 heavy (non-hydrogen) atoms. The van der Waals surface area contributed by atoms with Gasteiger partial charge in [-0.15, -0.1) is 0 Å². The lowest BCUT2D eigenvalue weighted by atomic mass is 10.2. The van der Waals surface area contributed by atoms with Crippen molar-refractivity contribution in [3.63, 3.8) is 0 Å². The van der Waals surface area contributed by atoms with Gasteiger partial charge < -0.3 is 14.2 Å². The van der Waals surface area contributed by atoms with Crippen molar-refractivity contribution < 1.29 is 19.0 Å². The molecular formula is C17H25NO4. The SMILES string of the molecule is COC(=O)c1ccc(OCCCN2C[C@H](C)O[C@@H](C)C2)cc1. The van der Waals surface area contributed by atoms with Crippen LogP contribution in [0.4, 0.5) is 0 Å². The van der Waals surface area contributed by atoms with Crippen LogP contribution in [0.25, 0.3) is 0 Å². The Morgan fingerprint density at radius 2 is 1.86 bits per heavy atom. The van der Waals surface area contributed by atoms with Crippen LogP contribution in [0.3, 0.4) is 0 Å². The first-order chi connectivity index (χ1) is 10.6. The van der Waals surface area contributed by atoms with Crippen LogP contribution in [0.1, 0.15) is 30.6 Å². The summed E-state index contributed by atoms with van der Waals surface area (Å²) >= 11 is 0. The second-order valence-electron chi connectivity index (χ2n) is 5.73. The number of hydrogen-bond donors (Lipinski definition) is 0. The number of benzene rings is 1. The molecule has 5 nitrogen and oxygen atoms in total. The van der Waals surface area contributed by atoms with Crippen LogP contribution in [0, 0.1) is 0 Å². The fourth-order valence-corrected chi connectivity index (χ4v) is 2.75. The van der Waals surface area contributed by atoms with Gasteiger partial charge in [-0.1, -0.05) is 0 Å². The van der Waals surface area contributed by atoms with E-state index in [0.717, 1.165) is 31.8 Å². The summed E-state index contributed by atoms with van der Waals surface area (Å²) in [6.45, 7) is 7.87. The lowest BCUT2D eigenvalue weighted by Crippen LogP contribution is -2.45. The van der Waals surface area contributed by atoms with Gasteiger partial charge in [0.25, 0.3) is 0 Å². The first-order valence-electron chi connectivity index (χ1n) is 7.77. The molecule has 5 heteroatoms. The molecule has 1 fully saturated rings. The second kappa shape index (κ2) is 8.15. The summed E-state index contributed by atoms with van der Waals surface area (Å²) in [6.07, 6.45) is 1.57. The van der Waals surface area contributed by atoms with E-state index in [1.165, 1.54) is 7.11 Å². The van der Waals surface area contributed by atoms with E-state index in [2.05, 4.69) is 23.5 Å². The summed E-state index contributed by atoms with van der Waals surface area (Å²) < 4.78 is 16.1. The van der Waals surface area contributed by atoms with Gasteiger partial charge in [-0.05, 0) is 44.5 Å². The van der Waals surface area contributed by atoms with Crippen LogP contribution in [-0.4, -0.2) is 56.4 Å². The standard InChI is InChI=1S/C17H25NO4/c1-13-11-18(12-14(2)22-13)9-4-10-21-16-7-5-15(6-8-16)17(19)20-3/h5-8,13-14H,4,9-12H2,1-3H3/t13-,14-/m0/s1. The Kier molecular flexibility index (Phi) is 6.21. The maximum atomic E-state index is 11.3.